The fraction of sp³-hybridized carbons (Fsp3) is 0. The summed E-state index contributed by atoms with van der Waals surface area (Å²) in [5.74, 6) is 0. The van der Waals surface area contributed by atoms with Gasteiger partial charge in [-0.05, 0) is 77.4 Å². The summed E-state index contributed by atoms with van der Waals surface area (Å²) in [7, 11) is 0. The van der Waals surface area contributed by atoms with Crippen molar-refractivity contribution in [1.82, 2.24) is 0 Å². The van der Waals surface area contributed by atoms with Gasteiger partial charge in [-0.2, -0.15) is 0 Å². The van der Waals surface area contributed by atoms with Gasteiger partial charge >= 0.3 is 0 Å². The van der Waals surface area contributed by atoms with Crippen LogP contribution in [0, 0.1) is 0 Å². The van der Waals surface area contributed by atoms with E-state index in [0.717, 1.165) is 6.07 Å². The van der Waals surface area contributed by atoms with Gasteiger partial charge in [0.2, 0.25) is 0 Å². The second-order valence-electron chi connectivity index (χ2n) is 10.3. The molecule has 0 unspecified atom stereocenters. The predicted molar refractivity (Wildman–Crippen MR) is 200 cm³/mol. The van der Waals surface area contributed by atoms with Crippen LogP contribution >= 0.6 is 0 Å². The van der Waals surface area contributed by atoms with Crippen LogP contribution in [0.3, 0.4) is 0 Å². The molecule has 0 saturated heterocycles. The van der Waals surface area contributed by atoms with E-state index in [1.165, 1.54) is 0 Å². The summed E-state index contributed by atoms with van der Waals surface area (Å²) >= 11 is 0. The molecule has 1 aromatic heterocycles. The standard InChI is InChI=1S/C46H28O/c1-2-15-30-29(14-1)28-42(32-17-4-3-16-31(30)32)33-18-5-6-20-35(33)44-36-21-7-9-23-38(36)45(39-24-10-8-22-37(39)44)41-26-13-25-40-34-19-11-12-27-43(34)47-46(40)41/h1-28H/i1D,2D,3D,4D,5D,6D,7D,8D,9D,10D,11D,12D,13D,14D,15D,16D,18D,19D,20D,21D,22D,23D,24D,25D,26D,27D,28D. The van der Waals surface area contributed by atoms with Gasteiger partial charge in [-0.1, -0.05) is 157 Å². The number of hydrogen-bond donors (Lipinski definition) is 0. The van der Waals surface area contributed by atoms with Crippen molar-refractivity contribution in [3.05, 3.63) is 169 Å². The van der Waals surface area contributed by atoms with E-state index in [0.29, 0.717) is 0 Å². The minimum Gasteiger partial charge on any atom is -0.455 e. The molecule has 218 valence electrons. The number of fused-ring (bicyclic) bond motifs is 8. The third-order valence-corrected chi connectivity index (χ3v) is 7.95. The molecule has 0 radical (unpaired) electrons. The topological polar surface area (TPSA) is 13.1 Å². The smallest absolute Gasteiger partial charge is 0.143 e. The van der Waals surface area contributed by atoms with Crippen LogP contribution in [0.15, 0.2) is 174 Å². The van der Waals surface area contributed by atoms with Gasteiger partial charge in [0.15, 0.2) is 0 Å². The van der Waals surface area contributed by atoms with E-state index in [1.807, 2.05) is 0 Å². The van der Waals surface area contributed by atoms with Crippen LogP contribution in [0.2, 0.25) is 0 Å². The zero-order valence-corrected chi connectivity index (χ0v) is 23.5. The first-order valence-electron chi connectivity index (χ1n) is 27.5. The first-order chi connectivity index (χ1) is 34.6. The van der Waals surface area contributed by atoms with E-state index < -0.39 is 262 Å². The minimum absolute atomic E-state index is 0.433. The number of benzene rings is 9. The lowest BCUT2D eigenvalue weighted by molar-refractivity contribution is 0.670. The third kappa shape index (κ3) is 3.84. The summed E-state index contributed by atoms with van der Waals surface area (Å²) in [6.07, 6.45) is 0. The van der Waals surface area contributed by atoms with Gasteiger partial charge < -0.3 is 4.42 Å². The third-order valence-electron chi connectivity index (χ3n) is 7.95. The zero-order valence-electron chi connectivity index (χ0n) is 50.5. The summed E-state index contributed by atoms with van der Waals surface area (Å²) in [6.45, 7) is 0. The Balaban J connectivity index is 1.58. The Morgan fingerprint density at radius 3 is 1.60 bits per heavy atom. The van der Waals surface area contributed by atoms with Gasteiger partial charge in [0.1, 0.15) is 11.2 Å². The summed E-state index contributed by atoms with van der Waals surface area (Å²) in [4.78, 5) is 0. The van der Waals surface area contributed by atoms with E-state index in [2.05, 4.69) is 0 Å². The maximum absolute atomic E-state index is 9.77. The van der Waals surface area contributed by atoms with Gasteiger partial charge in [0, 0.05) is 21.9 Å². The van der Waals surface area contributed by atoms with E-state index in [9.17, 15) is 11.0 Å². The second-order valence-corrected chi connectivity index (χ2v) is 10.3. The SMILES string of the molecule is [2H]c1cc2c(-c3c([2H])c([2H])c([2H])c([2H])c3-c3c4c([2H])c([2H])c([2H])c([2H])c4c(-c4c([2H])c([2H])c([2H])c5c4oc4c([2H])c([2H])c([2H])c([2H])c45)c4c([2H])c([2H])c([2H])c([2H])c34)c([2H])c3c([2H])c([2H])c([2H])c([2H])c3c2c([2H])c1[2H]. The monoisotopic (exact) mass is 623 g/mol. The lowest BCUT2D eigenvalue weighted by atomic mass is 9.82. The lowest BCUT2D eigenvalue weighted by Crippen LogP contribution is -1.93. The van der Waals surface area contributed by atoms with Crippen molar-refractivity contribution in [1.29, 1.82) is 0 Å². The van der Waals surface area contributed by atoms with E-state index in [4.69, 9.17) is 30.5 Å². The summed E-state index contributed by atoms with van der Waals surface area (Å²) in [5, 5.41) is -5.90. The molecule has 0 aliphatic rings. The maximum Gasteiger partial charge on any atom is 0.143 e. The summed E-state index contributed by atoms with van der Waals surface area (Å²) in [6, 6.07) is -23.5. The van der Waals surface area contributed by atoms with Crippen LogP contribution in [0.5, 0.6) is 0 Å². The first kappa shape index (κ1) is 11.0. The highest BCUT2D eigenvalue weighted by atomic mass is 16.3. The van der Waals surface area contributed by atoms with Gasteiger partial charge in [-0.3, -0.25) is 0 Å². The number of para-hydroxylation sites is 2. The fourth-order valence-electron chi connectivity index (χ4n) is 6.04. The zero-order chi connectivity index (χ0) is 54.4. The van der Waals surface area contributed by atoms with Gasteiger partial charge in [-0.15, -0.1) is 0 Å². The molecule has 0 bridgehead atoms. The van der Waals surface area contributed by atoms with Crippen molar-refractivity contribution in [2.75, 3.05) is 0 Å². The average Bonchev–Trinajstić information content (AvgIpc) is 3.77. The molecular formula is C46H28O. The Hall–Kier alpha value is -6.18. The van der Waals surface area contributed by atoms with Crippen LogP contribution in [0.25, 0.3) is 98.4 Å². The van der Waals surface area contributed by atoms with Crippen molar-refractivity contribution in [2.45, 2.75) is 0 Å². The summed E-state index contributed by atoms with van der Waals surface area (Å²) < 4.78 is 251. The number of furan rings is 1. The Labute approximate surface area is 309 Å². The largest absolute Gasteiger partial charge is 0.455 e. The Morgan fingerprint density at radius 2 is 0.851 bits per heavy atom. The molecule has 0 fully saturated rings. The molecule has 1 nitrogen and oxygen atoms in total. The van der Waals surface area contributed by atoms with Crippen molar-refractivity contribution >= 4 is 65.0 Å². The Bertz CT molecular complexity index is 4310. The predicted octanol–water partition coefficient (Wildman–Crippen LogP) is 13.2. The molecule has 0 amide bonds. The van der Waals surface area contributed by atoms with Crippen LogP contribution in [0.1, 0.15) is 37.0 Å². The van der Waals surface area contributed by atoms with E-state index >= 15 is 0 Å². The van der Waals surface area contributed by atoms with Crippen molar-refractivity contribution in [3.63, 3.8) is 0 Å². The van der Waals surface area contributed by atoms with Gasteiger partial charge in [0.25, 0.3) is 0 Å². The quantitative estimate of drug-likeness (QED) is 0.141. The molecule has 1 heteroatoms. The Kier molecular flexibility index (Phi) is 2.37. The average molecular weight is 624 g/mol. The molecule has 0 spiro atoms. The number of rotatable bonds is 3. The highest BCUT2D eigenvalue weighted by Gasteiger charge is 2.22. The maximum atomic E-state index is 9.77. The fourth-order valence-corrected chi connectivity index (χ4v) is 6.04. The molecule has 0 atom stereocenters. The molecule has 10 rings (SSSR count). The number of hydrogen-bond acceptors (Lipinski definition) is 1. The van der Waals surface area contributed by atoms with Crippen LogP contribution in [0.4, 0.5) is 0 Å². The van der Waals surface area contributed by atoms with Crippen LogP contribution in [-0.2, 0) is 0 Å². The normalized spacial score (nSPS) is 19.9. The molecular weight excluding hydrogens is 569 g/mol. The molecule has 0 aliphatic carbocycles. The minimum atomic E-state index is -1.07. The molecule has 0 saturated carbocycles. The molecule has 10 aromatic rings. The van der Waals surface area contributed by atoms with Crippen LogP contribution in [-0.4, -0.2) is 0 Å². The molecule has 9 aromatic carbocycles. The molecule has 1 heterocycles. The van der Waals surface area contributed by atoms with Gasteiger partial charge in [-0.25, -0.2) is 0 Å². The van der Waals surface area contributed by atoms with Crippen molar-refractivity contribution < 1.29 is 41.4 Å². The molecule has 47 heavy (non-hydrogen) atoms. The van der Waals surface area contributed by atoms with E-state index in [1.54, 1.807) is 0 Å². The summed E-state index contributed by atoms with van der Waals surface area (Å²) in [5.41, 5.74) is -5.65. The highest BCUT2D eigenvalue weighted by Crippen LogP contribution is 2.49. The van der Waals surface area contributed by atoms with E-state index in [-0.39, 0.29) is 0 Å². The Morgan fingerprint density at radius 1 is 0.340 bits per heavy atom. The molecule has 0 aliphatic heterocycles. The van der Waals surface area contributed by atoms with Gasteiger partial charge in [0.05, 0.1) is 37.0 Å². The van der Waals surface area contributed by atoms with Crippen LogP contribution < -0.4 is 0 Å². The van der Waals surface area contributed by atoms with Crippen molar-refractivity contribution in [2.24, 2.45) is 0 Å². The molecule has 0 N–H and O–H groups in total. The first-order valence-corrected chi connectivity index (χ1v) is 14.0. The second kappa shape index (κ2) is 10.2. The highest BCUT2D eigenvalue weighted by molar-refractivity contribution is 6.25. The lowest BCUT2D eigenvalue weighted by Gasteiger charge is -2.20. The van der Waals surface area contributed by atoms with Crippen molar-refractivity contribution in [3.8, 4) is 33.4 Å².